The first-order chi connectivity index (χ1) is 7.16. The Morgan fingerprint density at radius 1 is 1.60 bits per heavy atom. The molecule has 0 aliphatic heterocycles. The topological polar surface area (TPSA) is 86.9 Å². The van der Waals surface area contributed by atoms with Gasteiger partial charge in [0.15, 0.2) is 5.69 Å². The van der Waals surface area contributed by atoms with E-state index in [1.54, 1.807) is 10.9 Å². The molecule has 0 bridgehead atoms. The van der Waals surface area contributed by atoms with Gasteiger partial charge >= 0.3 is 0 Å². The van der Waals surface area contributed by atoms with Crippen LogP contribution in [0.5, 0.6) is 0 Å². The highest BCUT2D eigenvalue weighted by Crippen LogP contribution is 2.29. The minimum absolute atomic E-state index is 0.184. The van der Waals surface area contributed by atoms with Crippen LogP contribution in [0.25, 0.3) is 0 Å². The summed E-state index contributed by atoms with van der Waals surface area (Å²) in [7, 11) is 0. The van der Waals surface area contributed by atoms with Crippen molar-refractivity contribution in [3.8, 4) is 0 Å². The molecule has 2 rings (SSSR count). The summed E-state index contributed by atoms with van der Waals surface area (Å²) in [6.45, 7) is 0.822. The Kier molecular flexibility index (Phi) is 2.62. The van der Waals surface area contributed by atoms with Gasteiger partial charge in [-0.15, -0.1) is 0 Å². The number of nitrogens with two attached hydrogens (primary N) is 2. The van der Waals surface area contributed by atoms with Gasteiger partial charge in [-0.05, 0) is 12.3 Å². The van der Waals surface area contributed by atoms with Crippen LogP contribution in [0.3, 0.4) is 0 Å². The Labute approximate surface area is 88.4 Å². The number of aromatic nitrogens is 2. The van der Waals surface area contributed by atoms with Crippen LogP contribution in [-0.2, 0) is 6.54 Å². The number of carbonyl (C=O) groups excluding carboxylic acids is 1. The number of amides is 1. The van der Waals surface area contributed by atoms with Gasteiger partial charge in [0.1, 0.15) is 0 Å². The van der Waals surface area contributed by atoms with Gasteiger partial charge in [0.05, 0.1) is 5.69 Å². The van der Waals surface area contributed by atoms with Crippen molar-refractivity contribution in [2.45, 2.75) is 32.2 Å². The Balaban J connectivity index is 1.96. The third-order valence-electron chi connectivity index (χ3n) is 3.01. The summed E-state index contributed by atoms with van der Waals surface area (Å²) >= 11 is 0. The summed E-state index contributed by atoms with van der Waals surface area (Å²) in [6.07, 6.45) is 6.77. The maximum Gasteiger partial charge on any atom is 0.271 e. The highest BCUT2D eigenvalue weighted by atomic mass is 16.1. The van der Waals surface area contributed by atoms with Crippen LogP contribution in [0.2, 0.25) is 0 Å². The van der Waals surface area contributed by atoms with Gasteiger partial charge in [0.2, 0.25) is 0 Å². The molecule has 82 valence electrons. The van der Waals surface area contributed by atoms with E-state index >= 15 is 0 Å². The molecule has 15 heavy (non-hydrogen) atoms. The largest absolute Gasteiger partial charge is 0.396 e. The lowest BCUT2D eigenvalue weighted by atomic mass is 9.83. The van der Waals surface area contributed by atoms with Crippen LogP contribution in [0.15, 0.2) is 6.20 Å². The highest BCUT2D eigenvalue weighted by molar-refractivity contribution is 5.95. The van der Waals surface area contributed by atoms with Gasteiger partial charge in [-0.2, -0.15) is 5.10 Å². The van der Waals surface area contributed by atoms with Crippen molar-refractivity contribution in [1.29, 1.82) is 0 Å². The van der Waals surface area contributed by atoms with Crippen LogP contribution < -0.4 is 11.5 Å². The van der Waals surface area contributed by atoms with Crippen LogP contribution in [-0.4, -0.2) is 15.7 Å². The molecule has 0 atom stereocenters. The summed E-state index contributed by atoms with van der Waals surface area (Å²) < 4.78 is 1.72. The zero-order valence-electron chi connectivity index (χ0n) is 8.65. The van der Waals surface area contributed by atoms with Gasteiger partial charge in [0.25, 0.3) is 5.91 Å². The Bertz CT molecular complexity index is 367. The maximum absolute atomic E-state index is 10.9. The average Bonchev–Trinajstić information content (AvgIpc) is 2.44. The molecule has 0 spiro atoms. The lowest BCUT2D eigenvalue weighted by Crippen LogP contribution is -2.16. The van der Waals surface area contributed by atoms with Crippen molar-refractivity contribution < 1.29 is 4.79 Å². The fraction of sp³-hybridized carbons (Fsp3) is 0.600. The molecule has 5 heteroatoms. The number of primary amides is 1. The molecule has 1 aromatic heterocycles. The molecule has 1 aromatic rings. The van der Waals surface area contributed by atoms with Gasteiger partial charge in [-0.1, -0.05) is 19.3 Å². The molecular formula is C10H16N4O. The van der Waals surface area contributed by atoms with E-state index in [4.69, 9.17) is 11.5 Å². The molecule has 1 amide bonds. The van der Waals surface area contributed by atoms with E-state index in [9.17, 15) is 4.79 Å². The SMILES string of the molecule is NC(=O)c1nn(CCC2CCC2)cc1N. The number of hydrogen-bond acceptors (Lipinski definition) is 3. The summed E-state index contributed by atoms with van der Waals surface area (Å²) in [5, 5.41) is 4.06. The van der Waals surface area contributed by atoms with E-state index < -0.39 is 5.91 Å². The second-order valence-corrected chi connectivity index (χ2v) is 4.15. The molecule has 0 unspecified atom stereocenters. The van der Waals surface area contributed by atoms with Crippen molar-refractivity contribution in [2.24, 2.45) is 11.7 Å². The Hall–Kier alpha value is -1.52. The van der Waals surface area contributed by atoms with Gasteiger partial charge in [-0.25, -0.2) is 0 Å². The van der Waals surface area contributed by atoms with Crippen molar-refractivity contribution >= 4 is 11.6 Å². The fourth-order valence-corrected chi connectivity index (χ4v) is 1.84. The molecule has 1 aliphatic rings. The minimum Gasteiger partial charge on any atom is -0.396 e. The van der Waals surface area contributed by atoms with Crippen molar-refractivity contribution in [3.63, 3.8) is 0 Å². The lowest BCUT2D eigenvalue weighted by molar-refractivity contribution is 0.0995. The van der Waals surface area contributed by atoms with Crippen LogP contribution in [0, 0.1) is 5.92 Å². The molecule has 4 N–H and O–H groups in total. The number of carbonyl (C=O) groups is 1. The van der Waals surface area contributed by atoms with E-state index in [0.717, 1.165) is 18.9 Å². The van der Waals surface area contributed by atoms with E-state index in [-0.39, 0.29) is 5.69 Å². The third-order valence-corrected chi connectivity index (χ3v) is 3.01. The van der Waals surface area contributed by atoms with Crippen LogP contribution >= 0.6 is 0 Å². The normalized spacial score (nSPS) is 16.3. The molecule has 1 aliphatic carbocycles. The molecule has 1 saturated carbocycles. The van der Waals surface area contributed by atoms with Crippen molar-refractivity contribution in [2.75, 3.05) is 5.73 Å². The molecule has 0 aromatic carbocycles. The quantitative estimate of drug-likeness (QED) is 0.765. The molecular weight excluding hydrogens is 192 g/mol. The number of hydrogen-bond donors (Lipinski definition) is 2. The van der Waals surface area contributed by atoms with Crippen molar-refractivity contribution in [1.82, 2.24) is 9.78 Å². The van der Waals surface area contributed by atoms with Gasteiger partial charge in [-0.3, -0.25) is 9.48 Å². The number of nitrogens with zero attached hydrogens (tertiary/aromatic N) is 2. The molecule has 1 heterocycles. The molecule has 1 fully saturated rings. The predicted octanol–water partition coefficient (Wildman–Crippen LogP) is 0.754. The first-order valence-electron chi connectivity index (χ1n) is 5.29. The number of rotatable bonds is 4. The van der Waals surface area contributed by atoms with E-state index in [1.807, 2.05) is 0 Å². The molecule has 0 saturated heterocycles. The van der Waals surface area contributed by atoms with Crippen molar-refractivity contribution in [3.05, 3.63) is 11.9 Å². The summed E-state index contributed by atoms with van der Waals surface area (Å²) in [6, 6.07) is 0. The van der Waals surface area contributed by atoms with Gasteiger partial charge < -0.3 is 11.5 Å². The average molecular weight is 208 g/mol. The van der Waals surface area contributed by atoms with Crippen LogP contribution in [0.4, 0.5) is 5.69 Å². The molecule has 0 radical (unpaired) electrons. The zero-order chi connectivity index (χ0) is 10.8. The Morgan fingerprint density at radius 3 is 2.80 bits per heavy atom. The summed E-state index contributed by atoms with van der Waals surface area (Å²) in [4.78, 5) is 10.9. The van der Waals surface area contributed by atoms with E-state index in [2.05, 4.69) is 5.10 Å². The lowest BCUT2D eigenvalue weighted by Gasteiger charge is -2.24. The highest BCUT2D eigenvalue weighted by Gasteiger charge is 2.18. The number of nitrogen functional groups attached to an aromatic ring is 1. The maximum atomic E-state index is 10.9. The minimum atomic E-state index is -0.560. The smallest absolute Gasteiger partial charge is 0.271 e. The second-order valence-electron chi connectivity index (χ2n) is 4.15. The van der Waals surface area contributed by atoms with E-state index in [0.29, 0.717) is 5.69 Å². The monoisotopic (exact) mass is 208 g/mol. The first-order valence-corrected chi connectivity index (χ1v) is 5.29. The first kappa shape index (κ1) is 10.0. The zero-order valence-corrected chi connectivity index (χ0v) is 8.65. The fourth-order valence-electron chi connectivity index (χ4n) is 1.84. The summed E-state index contributed by atoms with van der Waals surface area (Å²) in [5.74, 6) is 0.266. The predicted molar refractivity (Wildman–Crippen MR) is 57.1 cm³/mol. The molecule has 5 nitrogen and oxygen atoms in total. The number of anilines is 1. The Morgan fingerprint density at radius 2 is 2.33 bits per heavy atom. The summed E-state index contributed by atoms with van der Waals surface area (Å²) in [5.41, 5.74) is 11.3. The van der Waals surface area contributed by atoms with Gasteiger partial charge in [0, 0.05) is 12.7 Å². The van der Waals surface area contributed by atoms with Crippen LogP contribution in [0.1, 0.15) is 36.2 Å². The van der Waals surface area contributed by atoms with E-state index in [1.165, 1.54) is 19.3 Å². The standard InChI is InChI=1S/C10H16N4O/c11-8-6-14(13-9(8)10(12)15)5-4-7-2-1-3-7/h6-7H,1-5,11H2,(H2,12,15). The third kappa shape index (κ3) is 2.11. The number of aryl methyl sites for hydroxylation is 1. The second kappa shape index (κ2) is 3.92.